The largest absolute Gasteiger partial charge is 0.493 e. The molecule has 3 aromatic rings. The SMILES string of the molecule is COc1cc2c(c(OC)c1OC)-c1ccc(NCCCCCC(=O)N3CCN(CC=Cc4ccccc4)CC3)c(=O)cc1C(NC(C)=O)CC2. The van der Waals surface area contributed by atoms with Crippen LogP contribution in [0, 0.1) is 0 Å². The van der Waals surface area contributed by atoms with E-state index >= 15 is 0 Å². The Kier molecular flexibility index (Phi) is 12.9. The summed E-state index contributed by atoms with van der Waals surface area (Å²) in [4.78, 5) is 43.0. The number of carbonyl (C=O) groups excluding carboxylic acids is 2. The first-order valence-corrected chi connectivity index (χ1v) is 17.6. The highest BCUT2D eigenvalue weighted by Gasteiger charge is 2.29. The summed E-state index contributed by atoms with van der Waals surface area (Å²) < 4.78 is 17.2. The fraction of sp³-hybridized carbons (Fsp3) is 0.425. The molecule has 2 N–H and O–H groups in total. The molecule has 2 aliphatic rings. The van der Waals surface area contributed by atoms with Crippen molar-refractivity contribution in [2.24, 2.45) is 0 Å². The maximum Gasteiger partial charge on any atom is 0.222 e. The van der Waals surface area contributed by atoms with Crippen molar-refractivity contribution in [1.29, 1.82) is 0 Å². The molecule has 0 saturated carbocycles. The predicted molar refractivity (Wildman–Crippen MR) is 198 cm³/mol. The monoisotopic (exact) mass is 682 g/mol. The molecule has 1 aliphatic carbocycles. The predicted octanol–water partition coefficient (Wildman–Crippen LogP) is 5.69. The number of unbranched alkanes of at least 4 members (excludes halogenated alkanes) is 2. The number of piperazine rings is 1. The minimum atomic E-state index is -0.360. The van der Waals surface area contributed by atoms with E-state index < -0.39 is 0 Å². The fourth-order valence-electron chi connectivity index (χ4n) is 6.89. The van der Waals surface area contributed by atoms with E-state index in [-0.39, 0.29) is 23.3 Å². The van der Waals surface area contributed by atoms with Crippen molar-refractivity contribution in [2.75, 3.05) is 65.9 Å². The normalized spacial score (nSPS) is 15.8. The van der Waals surface area contributed by atoms with E-state index in [0.717, 1.165) is 74.2 Å². The van der Waals surface area contributed by atoms with Crippen LogP contribution >= 0.6 is 0 Å². The molecule has 0 spiro atoms. The standard InChI is InChI=1S/C40H50N4O6/c1-28(45)42-33-18-16-30-26-36(48-2)39(49-3)40(50-4)38(30)31-17-19-34(35(46)27-32(31)33)41-20-10-6-9-15-37(47)44-24-22-43(23-25-44)21-11-14-29-12-7-5-8-13-29/h5,7-8,11-14,17,19,26-27,33H,6,9-10,15-16,18,20-25H2,1-4H3,(H,41,46)(H,42,45). The lowest BCUT2D eigenvalue weighted by molar-refractivity contribution is -0.133. The third-order valence-electron chi connectivity index (χ3n) is 9.50. The average molecular weight is 683 g/mol. The first kappa shape index (κ1) is 36.5. The number of carbonyl (C=O) groups is 2. The van der Waals surface area contributed by atoms with Gasteiger partial charge >= 0.3 is 0 Å². The number of hydrogen-bond donors (Lipinski definition) is 2. The Hall–Kier alpha value is -4.83. The van der Waals surface area contributed by atoms with E-state index in [1.54, 1.807) is 33.5 Å². The zero-order valence-corrected chi connectivity index (χ0v) is 29.8. The number of fused-ring (bicyclic) bond motifs is 3. The molecule has 5 rings (SSSR count). The molecule has 1 aliphatic heterocycles. The first-order chi connectivity index (χ1) is 24.3. The topological polar surface area (TPSA) is 109 Å². The zero-order valence-electron chi connectivity index (χ0n) is 29.8. The Bertz CT molecular complexity index is 1720. The Morgan fingerprint density at radius 3 is 2.36 bits per heavy atom. The van der Waals surface area contributed by atoms with Crippen molar-refractivity contribution < 1.29 is 23.8 Å². The molecule has 0 radical (unpaired) electrons. The first-order valence-electron chi connectivity index (χ1n) is 17.6. The summed E-state index contributed by atoms with van der Waals surface area (Å²) >= 11 is 0. The maximum atomic E-state index is 13.5. The highest BCUT2D eigenvalue weighted by molar-refractivity contribution is 5.84. The van der Waals surface area contributed by atoms with Crippen molar-refractivity contribution in [3.05, 3.63) is 87.6 Å². The molecular weight excluding hydrogens is 632 g/mol. The van der Waals surface area contributed by atoms with Gasteiger partial charge in [0, 0.05) is 58.2 Å². The van der Waals surface area contributed by atoms with Gasteiger partial charge in [-0.25, -0.2) is 0 Å². The average Bonchev–Trinajstić information content (AvgIpc) is 3.37. The molecule has 1 unspecified atom stereocenters. The van der Waals surface area contributed by atoms with E-state index in [9.17, 15) is 14.4 Å². The second-order valence-corrected chi connectivity index (χ2v) is 12.8. The second kappa shape index (κ2) is 17.7. The molecule has 1 atom stereocenters. The molecule has 50 heavy (non-hydrogen) atoms. The number of nitrogens with one attached hydrogen (secondary N) is 2. The molecule has 10 nitrogen and oxygen atoms in total. The summed E-state index contributed by atoms with van der Waals surface area (Å²) in [6, 6.07) is 17.2. The van der Waals surface area contributed by atoms with Crippen LogP contribution in [0.5, 0.6) is 17.2 Å². The number of nitrogens with zero attached hydrogens (tertiary/aromatic N) is 2. The Balaban J connectivity index is 1.16. The summed E-state index contributed by atoms with van der Waals surface area (Å²) in [5.41, 5.74) is 4.84. The van der Waals surface area contributed by atoms with Crippen LogP contribution in [0.2, 0.25) is 0 Å². The lowest BCUT2D eigenvalue weighted by atomic mass is 9.95. The number of hydrogen-bond acceptors (Lipinski definition) is 8. The summed E-state index contributed by atoms with van der Waals surface area (Å²) in [5.74, 6) is 1.60. The summed E-state index contributed by atoms with van der Waals surface area (Å²) in [6.07, 6.45) is 8.63. The zero-order chi connectivity index (χ0) is 35.5. The van der Waals surface area contributed by atoms with Crippen LogP contribution in [-0.4, -0.2) is 82.2 Å². The lowest BCUT2D eigenvalue weighted by Gasteiger charge is -2.34. The van der Waals surface area contributed by atoms with Crippen molar-refractivity contribution >= 4 is 23.6 Å². The van der Waals surface area contributed by atoms with Crippen molar-refractivity contribution in [1.82, 2.24) is 15.1 Å². The van der Waals surface area contributed by atoms with Crippen molar-refractivity contribution in [3.63, 3.8) is 0 Å². The van der Waals surface area contributed by atoms with E-state index in [2.05, 4.69) is 39.8 Å². The van der Waals surface area contributed by atoms with Gasteiger partial charge < -0.3 is 29.7 Å². The maximum absolute atomic E-state index is 13.5. The van der Waals surface area contributed by atoms with Crippen LogP contribution in [0.25, 0.3) is 17.2 Å². The number of benzene rings is 2. The van der Waals surface area contributed by atoms with Gasteiger partial charge in [0.25, 0.3) is 0 Å². The van der Waals surface area contributed by atoms with Crippen molar-refractivity contribution in [3.8, 4) is 28.4 Å². The molecule has 266 valence electrons. The molecule has 10 heteroatoms. The molecule has 2 amide bonds. The number of anilines is 1. The minimum Gasteiger partial charge on any atom is -0.493 e. The van der Waals surface area contributed by atoms with Gasteiger partial charge in [-0.3, -0.25) is 19.3 Å². The number of ether oxygens (including phenoxy) is 3. The molecule has 1 heterocycles. The summed E-state index contributed by atoms with van der Waals surface area (Å²) in [7, 11) is 4.74. The number of aryl methyl sites for hydroxylation is 1. The molecule has 3 aromatic carbocycles. The van der Waals surface area contributed by atoms with Gasteiger partial charge in [-0.15, -0.1) is 0 Å². The van der Waals surface area contributed by atoms with Crippen molar-refractivity contribution in [2.45, 2.75) is 51.5 Å². The second-order valence-electron chi connectivity index (χ2n) is 12.8. The Morgan fingerprint density at radius 2 is 1.66 bits per heavy atom. The third kappa shape index (κ3) is 9.04. The molecule has 0 aromatic heterocycles. The highest BCUT2D eigenvalue weighted by atomic mass is 16.5. The summed E-state index contributed by atoms with van der Waals surface area (Å²) in [6.45, 7) is 6.27. The minimum absolute atomic E-state index is 0.158. The van der Waals surface area contributed by atoms with E-state index in [0.29, 0.717) is 48.7 Å². The molecule has 1 fully saturated rings. The molecular formula is C40H50N4O6. The van der Waals surface area contributed by atoms with E-state index in [4.69, 9.17) is 14.2 Å². The quantitative estimate of drug-likeness (QED) is 0.209. The van der Waals surface area contributed by atoms with Gasteiger partial charge in [0.2, 0.25) is 23.0 Å². The number of rotatable bonds is 14. The number of methoxy groups -OCH3 is 3. The number of amides is 2. The van der Waals surface area contributed by atoms with E-state index in [1.165, 1.54) is 12.5 Å². The smallest absolute Gasteiger partial charge is 0.222 e. The molecule has 1 saturated heterocycles. The Morgan fingerprint density at radius 1 is 0.900 bits per heavy atom. The van der Waals surface area contributed by atoms with Gasteiger partial charge in [0.05, 0.1) is 33.1 Å². The van der Waals surface area contributed by atoms with Crippen LogP contribution in [0.15, 0.2) is 65.5 Å². The highest BCUT2D eigenvalue weighted by Crippen LogP contribution is 2.50. The summed E-state index contributed by atoms with van der Waals surface area (Å²) in [5, 5.41) is 6.37. The van der Waals surface area contributed by atoms with Crippen LogP contribution < -0.4 is 30.3 Å². The van der Waals surface area contributed by atoms with Gasteiger partial charge in [-0.05, 0) is 66.1 Å². The van der Waals surface area contributed by atoms with Crippen LogP contribution in [0.3, 0.4) is 0 Å². The van der Waals surface area contributed by atoms with Crippen LogP contribution in [-0.2, 0) is 16.0 Å². The van der Waals surface area contributed by atoms with Gasteiger partial charge in [-0.2, -0.15) is 0 Å². The Labute approximate surface area is 295 Å². The molecule has 0 bridgehead atoms. The van der Waals surface area contributed by atoms with E-state index in [1.807, 2.05) is 35.2 Å². The lowest BCUT2D eigenvalue weighted by Crippen LogP contribution is -2.48. The fourth-order valence-corrected chi connectivity index (χ4v) is 6.89. The van der Waals surface area contributed by atoms with Gasteiger partial charge in [-0.1, -0.05) is 55.0 Å². The van der Waals surface area contributed by atoms with Gasteiger partial charge in [0.15, 0.2) is 11.5 Å². The van der Waals surface area contributed by atoms with Crippen LogP contribution in [0.4, 0.5) is 5.69 Å². The van der Waals surface area contributed by atoms with Crippen LogP contribution in [0.1, 0.15) is 61.8 Å². The third-order valence-corrected chi connectivity index (χ3v) is 9.50. The van der Waals surface area contributed by atoms with Gasteiger partial charge in [0.1, 0.15) is 0 Å².